The molecule has 0 atom stereocenters. The molecular weight excluding hydrogens is 168 g/mol. The van der Waals surface area contributed by atoms with E-state index in [0.717, 1.165) is 5.92 Å². The zero-order chi connectivity index (χ0) is 8.13. The molecule has 3 heteroatoms. The highest BCUT2D eigenvalue weighted by Gasteiger charge is 2.28. The molecule has 1 aliphatic carbocycles. The number of hydrogen-bond acceptors (Lipinski definition) is 2. The number of nitrogens with zero attached hydrogens (tertiary/aromatic N) is 2. The number of fused-ring (bicyclic) bond motifs is 1. The molecule has 0 bridgehead atoms. The summed E-state index contributed by atoms with van der Waals surface area (Å²) >= 11 is 1.82. The van der Waals surface area contributed by atoms with Crippen molar-refractivity contribution in [1.29, 1.82) is 0 Å². The lowest BCUT2D eigenvalue weighted by molar-refractivity contribution is 0.767. The fourth-order valence-electron chi connectivity index (χ4n) is 1.63. The third kappa shape index (κ3) is 0.771. The van der Waals surface area contributed by atoms with E-state index in [-0.39, 0.29) is 0 Å². The second kappa shape index (κ2) is 2.10. The molecule has 0 spiro atoms. The smallest absolute Gasteiger partial charge is 0.0833 e. The molecule has 2 aromatic heterocycles. The quantitative estimate of drug-likeness (QED) is 0.656. The number of rotatable bonds is 1. The molecule has 2 heterocycles. The lowest BCUT2D eigenvalue weighted by Gasteiger charge is -1.87. The van der Waals surface area contributed by atoms with Crippen LogP contribution in [-0.2, 0) is 7.05 Å². The molecule has 3 rings (SSSR count). The van der Waals surface area contributed by atoms with Gasteiger partial charge in [0.25, 0.3) is 0 Å². The second-order valence-electron chi connectivity index (χ2n) is 3.42. The molecule has 0 N–H and O–H groups in total. The predicted octanol–water partition coefficient (Wildman–Crippen LogP) is 2.51. The van der Waals surface area contributed by atoms with E-state index in [9.17, 15) is 0 Å². The van der Waals surface area contributed by atoms with Crippen LogP contribution in [0.2, 0.25) is 0 Å². The number of aryl methyl sites for hydroxylation is 1. The van der Waals surface area contributed by atoms with Crippen LogP contribution in [0.4, 0.5) is 0 Å². The van der Waals surface area contributed by atoms with E-state index in [2.05, 4.69) is 16.5 Å². The fourth-order valence-corrected chi connectivity index (χ4v) is 2.62. The average Bonchev–Trinajstić information content (AvgIpc) is 2.68. The molecule has 62 valence electrons. The second-order valence-corrected chi connectivity index (χ2v) is 4.33. The van der Waals surface area contributed by atoms with E-state index in [1.165, 1.54) is 28.8 Å². The van der Waals surface area contributed by atoms with Gasteiger partial charge in [-0.05, 0) is 24.3 Å². The van der Waals surface area contributed by atoms with Gasteiger partial charge in [-0.25, -0.2) is 0 Å². The van der Waals surface area contributed by atoms with E-state index in [4.69, 9.17) is 0 Å². The van der Waals surface area contributed by atoms with Crippen molar-refractivity contribution < 1.29 is 0 Å². The van der Waals surface area contributed by atoms with Gasteiger partial charge in [0.2, 0.25) is 0 Å². The SMILES string of the molecule is Cn1nc(C2CC2)c2sccc21. The Labute approximate surface area is 74.8 Å². The Morgan fingerprint density at radius 2 is 2.42 bits per heavy atom. The summed E-state index contributed by atoms with van der Waals surface area (Å²) in [6, 6.07) is 2.15. The molecule has 2 aromatic rings. The minimum Gasteiger partial charge on any atom is -0.267 e. The van der Waals surface area contributed by atoms with E-state index in [0.29, 0.717) is 0 Å². The minimum atomic E-state index is 0.771. The highest BCUT2D eigenvalue weighted by molar-refractivity contribution is 7.17. The van der Waals surface area contributed by atoms with Gasteiger partial charge < -0.3 is 0 Å². The highest BCUT2D eigenvalue weighted by atomic mass is 32.1. The molecule has 0 unspecified atom stereocenters. The summed E-state index contributed by atoms with van der Waals surface area (Å²) in [5, 5.41) is 6.69. The van der Waals surface area contributed by atoms with Gasteiger partial charge in [0.1, 0.15) is 0 Å². The zero-order valence-electron chi connectivity index (χ0n) is 6.95. The molecule has 1 fully saturated rings. The topological polar surface area (TPSA) is 17.8 Å². The molecule has 0 aromatic carbocycles. The van der Waals surface area contributed by atoms with Crippen LogP contribution in [0.3, 0.4) is 0 Å². The van der Waals surface area contributed by atoms with Gasteiger partial charge in [-0.3, -0.25) is 4.68 Å². The zero-order valence-corrected chi connectivity index (χ0v) is 7.77. The van der Waals surface area contributed by atoms with Crippen molar-refractivity contribution >= 4 is 21.6 Å². The van der Waals surface area contributed by atoms with E-state index >= 15 is 0 Å². The first-order valence-electron chi connectivity index (χ1n) is 4.26. The van der Waals surface area contributed by atoms with Gasteiger partial charge in [-0.15, -0.1) is 11.3 Å². The van der Waals surface area contributed by atoms with Gasteiger partial charge in [-0.1, -0.05) is 0 Å². The van der Waals surface area contributed by atoms with Crippen LogP contribution >= 0.6 is 11.3 Å². The number of aromatic nitrogens is 2. The van der Waals surface area contributed by atoms with Crippen LogP contribution in [0.5, 0.6) is 0 Å². The largest absolute Gasteiger partial charge is 0.267 e. The highest BCUT2D eigenvalue weighted by Crippen LogP contribution is 2.43. The predicted molar refractivity (Wildman–Crippen MR) is 50.6 cm³/mol. The third-order valence-electron chi connectivity index (χ3n) is 2.45. The van der Waals surface area contributed by atoms with Crippen molar-refractivity contribution in [3.05, 3.63) is 17.1 Å². The molecule has 0 amide bonds. The van der Waals surface area contributed by atoms with Crippen LogP contribution in [0.25, 0.3) is 10.2 Å². The summed E-state index contributed by atoms with van der Waals surface area (Å²) in [6.45, 7) is 0. The first-order chi connectivity index (χ1) is 5.86. The molecule has 0 radical (unpaired) electrons. The van der Waals surface area contributed by atoms with Crippen molar-refractivity contribution in [1.82, 2.24) is 9.78 Å². The summed E-state index contributed by atoms with van der Waals surface area (Å²) in [7, 11) is 2.03. The Morgan fingerprint density at radius 3 is 3.17 bits per heavy atom. The molecule has 2 nitrogen and oxygen atoms in total. The normalized spacial score (nSPS) is 17.4. The molecule has 12 heavy (non-hydrogen) atoms. The molecule has 0 aliphatic heterocycles. The number of thiophene rings is 1. The van der Waals surface area contributed by atoms with E-state index in [1.54, 1.807) is 0 Å². The molecular formula is C9H10N2S. The van der Waals surface area contributed by atoms with Crippen molar-refractivity contribution in [2.75, 3.05) is 0 Å². The Hall–Kier alpha value is -0.830. The maximum absolute atomic E-state index is 4.54. The third-order valence-corrected chi connectivity index (χ3v) is 3.37. The Morgan fingerprint density at radius 1 is 1.58 bits per heavy atom. The summed E-state index contributed by atoms with van der Waals surface area (Å²) in [6.07, 6.45) is 2.67. The standard InChI is InChI=1S/C9H10N2S/c1-11-7-4-5-12-9(7)8(10-11)6-2-3-6/h4-6H,2-3H2,1H3. The molecule has 1 aliphatic rings. The van der Waals surface area contributed by atoms with Crippen molar-refractivity contribution in [3.8, 4) is 0 Å². The van der Waals surface area contributed by atoms with E-state index < -0.39 is 0 Å². The Kier molecular flexibility index (Phi) is 1.17. The Bertz CT molecular complexity index is 423. The monoisotopic (exact) mass is 178 g/mol. The summed E-state index contributed by atoms with van der Waals surface area (Å²) in [4.78, 5) is 0. The van der Waals surface area contributed by atoms with Gasteiger partial charge in [-0.2, -0.15) is 5.10 Å². The van der Waals surface area contributed by atoms with Gasteiger partial charge in [0.05, 0.1) is 15.9 Å². The van der Waals surface area contributed by atoms with Crippen LogP contribution in [0.15, 0.2) is 11.4 Å². The minimum absolute atomic E-state index is 0.771. The van der Waals surface area contributed by atoms with Crippen molar-refractivity contribution in [3.63, 3.8) is 0 Å². The van der Waals surface area contributed by atoms with Crippen molar-refractivity contribution in [2.24, 2.45) is 7.05 Å². The lowest BCUT2D eigenvalue weighted by atomic mass is 10.3. The molecule has 0 saturated heterocycles. The maximum atomic E-state index is 4.54. The summed E-state index contributed by atoms with van der Waals surface area (Å²) in [5.41, 5.74) is 2.63. The summed E-state index contributed by atoms with van der Waals surface area (Å²) in [5.74, 6) is 0.771. The van der Waals surface area contributed by atoms with Gasteiger partial charge in [0.15, 0.2) is 0 Å². The van der Waals surface area contributed by atoms with Crippen LogP contribution in [-0.4, -0.2) is 9.78 Å². The van der Waals surface area contributed by atoms with Crippen molar-refractivity contribution in [2.45, 2.75) is 18.8 Å². The van der Waals surface area contributed by atoms with Crippen LogP contribution in [0, 0.1) is 0 Å². The van der Waals surface area contributed by atoms with E-state index in [1.807, 2.05) is 23.1 Å². The molecule has 1 saturated carbocycles. The Balaban J connectivity index is 2.33. The number of hydrogen-bond donors (Lipinski definition) is 0. The lowest BCUT2D eigenvalue weighted by Crippen LogP contribution is -1.90. The van der Waals surface area contributed by atoms with Gasteiger partial charge >= 0.3 is 0 Å². The van der Waals surface area contributed by atoms with Crippen LogP contribution in [0.1, 0.15) is 24.5 Å². The average molecular weight is 178 g/mol. The first-order valence-corrected chi connectivity index (χ1v) is 5.14. The maximum Gasteiger partial charge on any atom is 0.0833 e. The van der Waals surface area contributed by atoms with Crippen LogP contribution < -0.4 is 0 Å². The fraction of sp³-hybridized carbons (Fsp3) is 0.444. The van der Waals surface area contributed by atoms with Gasteiger partial charge in [0, 0.05) is 13.0 Å². The summed E-state index contributed by atoms with van der Waals surface area (Å²) < 4.78 is 3.40. The first kappa shape index (κ1) is 6.66.